The molecule has 2 heterocycles. The Morgan fingerprint density at radius 2 is 2.05 bits per heavy atom. The van der Waals surface area contributed by atoms with E-state index in [0.29, 0.717) is 26.2 Å². The van der Waals surface area contributed by atoms with E-state index in [1.54, 1.807) is 11.8 Å². The zero-order valence-electron chi connectivity index (χ0n) is 13.7. The van der Waals surface area contributed by atoms with Crippen LogP contribution in [0.1, 0.15) is 33.4 Å². The van der Waals surface area contributed by atoms with Gasteiger partial charge in [0.2, 0.25) is 0 Å². The third-order valence-corrected chi connectivity index (χ3v) is 3.41. The van der Waals surface area contributed by atoms with Crippen molar-refractivity contribution < 1.29 is 19.1 Å². The van der Waals surface area contributed by atoms with Crippen LogP contribution in [0, 0.1) is 5.92 Å². The highest BCUT2D eigenvalue weighted by molar-refractivity contribution is 5.74. The summed E-state index contributed by atoms with van der Waals surface area (Å²) in [5.74, 6) is -0.668. The lowest BCUT2D eigenvalue weighted by Gasteiger charge is -2.27. The van der Waals surface area contributed by atoms with Gasteiger partial charge in [-0.05, 0) is 39.8 Å². The number of amides is 1. The number of hydrogen-bond acceptors (Lipinski definition) is 4. The number of fused-ring (bicyclic) bond motifs is 1. The van der Waals surface area contributed by atoms with Crippen LogP contribution in [0.4, 0.5) is 4.79 Å². The van der Waals surface area contributed by atoms with Gasteiger partial charge in [0.15, 0.2) is 0 Å². The maximum atomic E-state index is 12.4. The molecule has 0 unspecified atom stereocenters. The van der Waals surface area contributed by atoms with Crippen LogP contribution < -0.4 is 0 Å². The smallest absolute Gasteiger partial charge is 0.410 e. The summed E-state index contributed by atoms with van der Waals surface area (Å²) in [5.41, 5.74) is 0.419. The molecule has 122 valence electrons. The average molecular weight is 308 g/mol. The number of nitrogens with zero attached hydrogens (tertiary/aromatic N) is 2. The van der Waals surface area contributed by atoms with Gasteiger partial charge in [0.25, 0.3) is 0 Å². The highest BCUT2D eigenvalue weighted by Gasteiger charge is 2.32. The minimum atomic E-state index is -0.565. The van der Waals surface area contributed by atoms with Gasteiger partial charge in [-0.3, -0.25) is 4.79 Å². The topological polar surface area (TPSA) is 60.8 Å². The van der Waals surface area contributed by atoms with E-state index in [-0.39, 0.29) is 11.9 Å². The van der Waals surface area contributed by atoms with Crippen molar-refractivity contribution in [3.05, 3.63) is 24.0 Å². The van der Waals surface area contributed by atoms with Crippen molar-refractivity contribution in [3.8, 4) is 0 Å². The lowest BCUT2D eigenvalue weighted by Crippen LogP contribution is -2.40. The van der Waals surface area contributed by atoms with Crippen LogP contribution in [0.3, 0.4) is 0 Å². The maximum Gasteiger partial charge on any atom is 0.410 e. The zero-order chi connectivity index (χ0) is 16.3. The molecule has 0 bridgehead atoms. The summed E-state index contributed by atoms with van der Waals surface area (Å²) >= 11 is 0. The lowest BCUT2D eigenvalue weighted by molar-refractivity contribution is -0.148. The molecule has 0 fully saturated rings. The van der Waals surface area contributed by atoms with Gasteiger partial charge in [-0.2, -0.15) is 0 Å². The SMILES string of the molecule is CCOC(=O)[C@@H]1CN(C(=O)OC(C)(C)C)Cc2cccn2C1. The molecule has 0 saturated heterocycles. The van der Waals surface area contributed by atoms with Crippen LogP contribution in [-0.4, -0.2) is 40.3 Å². The highest BCUT2D eigenvalue weighted by atomic mass is 16.6. The summed E-state index contributed by atoms with van der Waals surface area (Å²) in [7, 11) is 0. The van der Waals surface area contributed by atoms with E-state index >= 15 is 0 Å². The van der Waals surface area contributed by atoms with Crippen molar-refractivity contribution in [2.24, 2.45) is 5.92 Å². The standard InChI is InChI=1S/C16H24N2O4/c1-5-21-14(19)12-9-17-8-6-7-13(17)11-18(10-12)15(20)22-16(2,3)4/h6-8,12H,5,9-11H2,1-4H3/t12-/m0/s1. The Balaban J connectivity index is 2.20. The molecular formula is C16H24N2O4. The Morgan fingerprint density at radius 3 is 2.68 bits per heavy atom. The maximum absolute atomic E-state index is 12.4. The van der Waals surface area contributed by atoms with Crippen LogP contribution >= 0.6 is 0 Å². The molecular weight excluding hydrogens is 284 g/mol. The second kappa shape index (κ2) is 6.42. The number of rotatable bonds is 2. The second-order valence-corrected chi connectivity index (χ2v) is 6.46. The number of ether oxygens (including phenoxy) is 2. The van der Waals surface area contributed by atoms with Crippen molar-refractivity contribution in [3.63, 3.8) is 0 Å². The first-order chi connectivity index (χ1) is 10.3. The minimum absolute atomic E-state index is 0.280. The number of aromatic nitrogens is 1. The Labute approximate surface area is 131 Å². The Hall–Kier alpha value is -1.98. The van der Waals surface area contributed by atoms with Gasteiger partial charge in [-0.1, -0.05) is 0 Å². The summed E-state index contributed by atoms with van der Waals surface area (Å²) in [6.45, 7) is 8.84. The van der Waals surface area contributed by atoms with Crippen molar-refractivity contribution in [1.82, 2.24) is 9.47 Å². The Bertz CT molecular complexity index is 545. The van der Waals surface area contributed by atoms with Gasteiger partial charge in [0.05, 0.1) is 19.1 Å². The molecule has 6 nitrogen and oxygen atoms in total. The molecule has 0 saturated carbocycles. The van der Waals surface area contributed by atoms with Crippen LogP contribution in [0.2, 0.25) is 0 Å². The first-order valence-corrected chi connectivity index (χ1v) is 7.58. The van der Waals surface area contributed by atoms with Crippen molar-refractivity contribution >= 4 is 12.1 Å². The monoisotopic (exact) mass is 308 g/mol. The molecule has 1 aromatic heterocycles. The van der Waals surface area contributed by atoms with E-state index < -0.39 is 11.7 Å². The highest BCUT2D eigenvalue weighted by Crippen LogP contribution is 2.20. The third kappa shape index (κ3) is 4.02. The molecule has 0 aromatic carbocycles. The van der Waals surface area contributed by atoms with Crippen LogP contribution in [0.15, 0.2) is 18.3 Å². The van der Waals surface area contributed by atoms with Gasteiger partial charge in [0, 0.05) is 25.0 Å². The summed E-state index contributed by atoms with van der Waals surface area (Å²) in [5, 5.41) is 0. The fourth-order valence-electron chi connectivity index (χ4n) is 2.47. The number of carbonyl (C=O) groups is 2. The molecule has 22 heavy (non-hydrogen) atoms. The number of esters is 1. The molecule has 1 aliphatic heterocycles. The third-order valence-electron chi connectivity index (χ3n) is 3.41. The first-order valence-electron chi connectivity index (χ1n) is 7.58. The van der Waals surface area contributed by atoms with Crippen LogP contribution in [0.25, 0.3) is 0 Å². The second-order valence-electron chi connectivity index (χ2n) is 6.46. The van der Waals surface area contributed by atoms with E-state index in [1.807, 2.05) is 43.7 Å². The van der Waals surface area contributed by atoms with E-state index in [2.05, 4.69) is 0 Å². The molecule has 2 rings (SSSR count). The van der Waals surface area contributed by atoms with Crippen molar-refractivity contribution in [2.75, 3.05) is 13.2 Å². The molecule has 1 aliphatic rings. The van der Waals surface area contributed by atoms with Gasteiger partial charge in [-0.15, -0.1) is 0 Å². The molecule has 1 atom stereocenters. The predicted octanol–water partition coefficient (Wildman–Crippen LogP) is 2.42. The number of carbonyl (C=O) groups excluding carboxylic acids is 2. The van der Waals surface area contributed by atoms with Crippen LogP contribution in [-0.2, 0) is 27.4 Å². The first kappa shape index (κ1) is 16.4. The summed E-state index contributed by atoms with van der Waals surface area (Å²) in [6.07, 6.45) is 1.51. The zero-order valence-corrected chi connectivity index (χ0v) is 13.7. The van der Waals surface area contributed by atoms with Gasteiger partial charge in [-0.25, -0.2) is 4.79 Å². The largest absolute Gasteiger partial charge is 0.466 e. The summed E-state index contributed by atoms with van der Waals surface area (Å²) in [6, 6.07) is 3.86. The number of hydrogen-bond donors (Lipinski definition) is 0. The molecule has 1 amide bonds. The predicted molar refractivity (Wildman–Crippen MR) is 81.2 cm³/mol. The fraction of sp³-hybridized carbons (Fsp3) is 0.625. The van der Waals surface area contributed by atoms with E-state index in [4.69, 9.17) is 9.47 Å². The molecule has 0 radical (unpaired) electrons. The van der Waals surface area contributed by atoms with Crippen molar-refractivity contribution in [1.29, 1.82) is 0 Å². The van der Waals surface area contributed by atoms with Gasteiger partial charge >= 0.3 is 12.1 Å². The normalized spacial score (nSPS) is 18.4. The van der Waals surface area contributed by atoms with E-state index in [0.717, 1.165) is 5.69 Å². The molecule has 0 N–H and O–H groups in total. The molecule has 1 aromatic rings. The van der Waals surface area contributed by atoms with E-state index in [1.165, 1.54) is 0 Å². The lowest BCUT2D eigenvalue weighted by atomic mass is 10.1. The average Bonchev–Trinajstić information content (AvgIpc) is 2.74. The Morgan fingerprint density at radius 1 is 1.32 bits per heavy atom. The molecule has 0 spiro atoms. The van der Waals surface area contributed by atoms with Crippen molar-refractivity contribution in [2.45, 2.75) is 46.4 Å². The van der Waals surface area contributed by atoms with Crippen LogP contribution in [0.5, 0.6) is 0 Å². The summed E-state index contributed by atoms with van der Waals surface area (Å²) < 4.78 is 12.6. The molecule has 0 aliphatic carbocycles. The molecule has 6 heteroatoms. The minimum Gasteiger partial charge on any atom is -0.466 e. The Kier molecular flexibility index (Phi) is 4.78. The summed E-state index contributed by atoms with van der Waals surface area (Å²) in [4.78, 5) is 26.1. The van der Waals surface area contributed by atoms with Gasteiger partial charge in [0.1, 0.15) is 5.60 Å². The van der Waals surface area contributed by atoms with Gasteiger partial charge < -0.3 is 18.9 Å². The fourth-order valence-corrected chi connectivity index (χ4v) is 2.47. The quantitative estimate of drug-likeness (QED) is 0.787. The van der Waals surface area contributed by atoms with E-state index in [9.17, 15) is 9.59 Å².